The summed E-state index contributed by atoms with van der Waals surface area (Å²) in [5.74, 6) is 0.649. The lowest BCUT2D eigenvalue weighted by molar-refractivity contribution is 0.396. The molecule has 4 nitrogen and oxygen atoms in total. The molecular formula is C10H20N4S. The first-order valence-corrected chi connectivity index (χ1v) is 5.99. The van der Waals surface area contributed by atoms with Crippen LogP contribution in [0.3, 0.4) is 0 Å². The minimum Gasteiger partial charge on any atom is -0.383 e. The van der Waals surface area contributed by atoms with E-state index in [0.29, 0.717) is 5.82 Å². The minimum absolute atomic E-state index is 0.649. The van der Waals surface area contributed by atoms with E-state index in [9.17, 15) is 0 Å². The SMILES string of the molecule is Cc1c(N)nsc1NCCCCN(C)C. The molecule has 86 valence electrons. The van der Waals surface area contributed by atoms with Crippen LogP contribution >= 0.6 is 11.5 Å². The van der Waals surface area contributed by atoms with Gasteiger partial charge < -0.3 is 16.0 Å². The zero-order chi connectivity index (χ0) is 11.3. The summed E-state index contributed by atoms with van der Waals surface area (Å²) in [6.45, 7) is 4.14. The Balaban J connectivity index is 2.18. The van der Waals surface area contributed by atoms with E-state index in [1.54, 1.807) is 0 Å². The molecule has 0 aliphatic rings. The van der Waals surface area contributed by atoms with Crippen LogP contribution in [0.25, 0.3) is 0 Å². The smallest absolute Gasteiger partial charge is 0.142 e. The summed E-state index contributed by atoms with van der Waals surface area (Å²) in [6.07, 6.45) is 2.39. The van der Waals surface area contributed by atoms with Gasteiger partial charge in [-0.1, -0.05) is 0 Å². The first-order valence-electron chi connectivity index (χ1n) is 5.21. The van der Waals surface area contributed by atoms with Gasteiger partial charge in [0.15, 0.2) is 0 Å². The number of aromatic nitrogens is 1. The van der Waals surface area contributed by atoms with E-state index in [1.165, 1.54) is 24.4 Å². The topological polar surface area (TPSA) is 54.2 Å². The van der Waals surface area contributed by atoms with Gasteiger partial charge >= 0.3 is 0 Å². The molecule has 3 N–H and O–H groups in total. The van der Waals surface area contributed by atoms with Gasteiger partial charge in [-0.2, -0.15) is 4.37 Å². The summed E-state index contributed by atoms with van der Waals surface area (Å²) in [6, 6.07) is 0. The maximum atomic E-state index is 5.66. The molecule has 0 aliphatic heterocycles. The minimum atomic E-state index is 0.649. The Kier molecular flexibility index (Phi) is 4.84. The molecule has 0 spiro atoms. The third kappa shape index (κ3) is 4.05. The van der Waals surface area contributed by atoms with Gasteiger partial charge in [0.05, 0.1) is 0 Å². The quantitative estimate of drug-likeness (QED) is 0.729. The molecule has 0 fully saturated rings. The maximum Gasteiger partial charge on any atom is 0.142 e. The van der Waals surface area contributed by atoms with E-state index in [2.05, 4.69) is 28.7 Å². The van der Waals surface area contributed by atoms with Crippen LogP contribution in [0.15, 0.2) is 0 Å². The first kappa shape index (κ1) is 12.3. The lowest BCUT2D eigenvalue weighted by Crippen LogP contribution is -2.14. The highest BCUT2D eigenvalue weighted by Gasteiger charge is 2.04. The van der Waals surface area contributed by atoms with Crippen LogP contribution in [0.1, 0.15) is 18.4 Å². The lowest BCUT2D eigenvalue weighted by Gasteiger charge is -2.09. The van der Waals surface area contributed by atoms with Crippen LogP contribution in [0.4, 0.5) is 10.8 Å². The van der Waals surface area contributed by atoms with Gasteiger partial charge in [-0.05, 0) is 51.9 Å². The number of nitrogen functional groups attached to an aromatic ring is 1. The van der Waals surface area contributed by atoms with Crippen LogP contribution < -0.4 is 11.1 Å². The number of rotatable bonds is 6. The molecule has 0 unspecified atom stereocenters. The molecule has 15 heavy (non-hydrogen) atoms. The van der Waals surface area contributed by atoms with E-state index < -0.39 is 0 Å². The van der Waals surface area contributed by atoms with E-state index in [1.807, 2.05) is 6.92 Å². The third-order valence-electron chi connectivity index (χ3n) is 2.28. The van der Waals surface area contributed by atoms with Gasteiger partial charge in [-0.15, -0.1) is 0 Å². The zero-order valence-electron chi connectivity index (χ0n) is 9.71. The second-order valence-corrected chi connectivity index (χ2v) is 4.73. The number of nitrogens with two attached hydrogens (primary N) is 1. The number of nitrogens with zero attached hydrogens (tertiary/aromatic N) is 2. The molecule has 0 bridgehead atoms. The Hall–Kier alpha value is -0.810. The summed E-state index contributed by atoms with van der Waals surface area (Å²) >= 11 is 1.44. The Morgan fingerprint density at radius 3 is 2.67 bits per heavy atom. The average Bonchev–Trinajstić information content (AvgIpc) is 2.48. The first-order chi connectivity index (χ1) is 7.11. The number of unbranched alkanes of at least 4 members (excludes halogenated alkanes) is 1. The Morgan fingerprint density at radius 2 is 2.13 bits per heavy atom. The molecule has 0 aromatic carbocycles. The third-order valence-corrected chi connectivity index (χ3v) is 3.20. The molecule has 1 rings (SSSR count). The number of hydrogen-bond donors (Lipinski definition) is 2. The van der Waals surface area contributed by atoms with Crippen molar-refractivity contribution in [1.29, 1.82) is 0 Å². The molecule has 0 radical (unpaired) electrons. The molecule has 1 aromatic heterocycles. The molecule has 1 heterocycles. The summed E-state index contributed by atoms with van der Waals surface area (Å²) in [5, 5.41) is 4.47. The monoisotopic (exact) mass is 228 g/mol. The Morgan fingerprint density at radius 1 is 1.40 bits per heavy atom. The van der Waals surface area contributed by atoms with Crippen molar-refractivity contribution in [2.45, 2.75) is 19.8 Å². The second-order valence-electron chi connectivity index (χ2n) is 3.96. The predicted molar refractivity (Wildman–Crippen MR) is 67.5 cm³/mol. The van der Waals surface area contributed by atoms with Gasteiger partial charge in [-0.3, -0.25) is 0 Å². The number of nitrogens with one attached hydrogen (secondary N) is 1. The van der Waals surface area contributed by atoms with Gasteiger partial charge in [0.2, 0.25) is 0 Å². The van der Waals surface area contributed by atoms with Gasteiger partial charge in [0, 0.05) is 12.1 Å². The molecular weight excluding hydrogens is 208 g/mol. The summed E-state index contributed by atoms with van der Waals surface area (Å²) < 4.78 is 4.09. The van der Waals surface area contributed by atoms with Crippen molar-refractivity contribution >= 4 is 22.4 Å². The Labute approximate surface area is 95.6 Å². The fourth-order valence-electron chi connectivity index (χ4n) is 1.27. The van der Waals surface area contributed by atoms with E-state index in [4.69, 9.17) is 5.73 Å². The maximum absolute atomic E-state index is 5.66. The van der Waals surface area contributed by atoms with Crippen molar-refractivity contribution in [1.82, 2.24) is 9.27 Å². The normalized spacial score (nSPS) is 10.9. The predicted octanol–water partition coefficient (Wildman–Crippen LogP) is 1.79. The standard InChI is InChI=1S/C10H20N4S/c1-8-9(11)13-15-10(8)12-6-4-5-7-14(2)3/h12H,4-7H2,1-3H3,(H2,11,13). The van der Waals surface area contributed by atoms with Crippen molar-refractivity contribution in [3.8, 4) is 0 Å². The fourth-order valence-corrected chi connectivity index (χ4v) is 2.00. The average molecular weight is 228 g/mol. The zero-order valence-corrected chi connectivity index (χ0v) is 10.5. The molecule has 0 amide bonds. The van der Waals surface area contributed by atoms with Crippen LogP contribution in [0, 0.1) is 6.92 Å². The van der Waals surface area contributed by atoms with Crippen molar-refractivity contribution in [2.24, 2.45) is 0 Å². The van der Waals surface area contributed by atoms with Crippen LogP contribution in [0.2, 0.25) is 0 Å². The van der Waals surface area contributed by atoms with Gasteiger partial charge in [-0.25, -0.2) is 0 Å². The highest BCUT2D eigenvalue weighted by molar-refractivity contribution is 7.10. The molecule has 0 saturated heterocycles. The second kappa shape index (κ2) is 5.92. The highest BCUT2D eigenvalue weighted by Crippen LogP contribution is 2.24. The van der Waals surface area contributed by atoms with Gasteiger partial charge in [0.1, 0.15) is 10.8 Å². The van der Waals surface area contributed by atoms with Crippen molar-refractivity contribution in [2.75, 3.05) is 38.2 Å². The molecule has 0 saturated carbocycles. The van der Waals surface area contributed by atoms with Crippen molar-refractivity contribution < 1.29 is 0 Å². The van der Waals surface area contributed by atoms with Crippen molar-refractivity contribution in [3.05, 3.63) is 5.56 Å². The summed E-state index contributed by atoms with van der Waals surface area (Å²) in [4.78, 5) is 2.20. The van der Waals surface area contributed by atoms with Gasteiger partial charge in [0.25, 0.3) is 0 Å². The summed E-state index contributed by atoms with van der Waals surface area (Å²) in [5.41, 5.74) is 6.74. The fraction of sp³-hybridized carbons (Fsp3) is 0.700. The lowest BCUT2D eigenvalue weighted by atomic mass is 10.3. The highest BCUT2D eigenvalue weighted by atomic mass is 32.1. The molecule has 5 heteroatoms. The van der Waals surface area contributed by atoms with Crippen molar-refractivity contribution in [3.63, 3.8) is 0 Å². The van der Waals surface area contributed by atoms with Crippen LogP contribution in [-0.2, 0) is 0 Å². The van der Waals surface area contributed by atoms with Crippen LogP contribution in [-0.4, -0.2) is 36.5 Å². The van der Waals surface area contributed by atoms with E-state index in [-0.39, 0.29) is 0 Å². The number of hydrogen-bond acceptors (Lipinski definition) is 5. The van der Waals surface area contributed by atoms with E-state index in [0.717, 1.165) is 23.7 Å². The van der Waals surface area contributed by atoms with Crippen LogP contribution in [0.5, 0.6) is 0 Å². The molecule has 0 atom stereocenters. The number of anilines is 2. The molecule has 1 aromatic rings. The summed E-state index contributed by atoms with van der Waals surface area (Å²) in [7, 11) is 4.20. The Bertz CT molecular complexity index is 296. The van der Waals surface area contributed by atoms with E-state index >= 15 is 0 Å². The largest absolute Gasteiger partial charge is 0.383 e. The molecule has 0 aliphatic carbocycles.